The van der Waals surface area contributed by atoms with Crippen molar-refractivity contribution in [2.45, 2.75) is 39.3 Å². The Hall–Kier alpha value is -2.30. The molecule has 0 amide bonds. The normalized spacial score (nSPS) is 15.0. The highest BCUT2D eigenvalue weighted by molar-refractivity contribution is 6.00. The molecule has 1 heterocycles. The number of alkyl halides is 1. The molecule has 1 aromatic heterocycles. The molecule has 0 aliphatic heterocycles. The van der Waals surface area contributed by atoms with E-state index in [9.17, 15) is 4.39 Å². The molecule has 1 saturated carbocycles. The summed E-state index contributed by atoms with van der Waals surface area (Å²) in [5.41, 5.74) is 7.25. The zero-order valence-electron chi connectivity index (χ0n) is 12.8. The van der Waals surface area contributed by atoms with Crippen molar-refractivity contribution in [1.29, 1.82) is 0 Å². The van der Waals surface area contributed by atoms with Crippen LogP contribution in [0, 0.1) is 6.92 Å². The van der Waals surface area contributed by atoms with Crippen LogP contribution in [0.5, 0.6) is 0 Å². The second-order valence-electron chi connectivity index (χ2n) is 5.64. The number of halogens is 1. The van der Waals surface area contributed by atoms with Gasteiger partial charge in [0.1, 0.15) is 6.67 Å². The summed E-state index contributed by atoms with van der Waals surface area (Å²) < 4.78 is 12.9. The van der Waals surface area contributed by atoms with Crippen LogP contribution in [0.25, 0.3) is 0 Å². The molecule has 3 rings (SSSR count). The van der Waals surface area contributed by atoms with E-state index in [4.69, 9.17) is 0 Å². The fourth-order valence-electron chi connectivity index (χ4n) is 2.40. The maximum atomic E-state index is 12.9. The molecule has 1 aromatic carbocycles. The highest BCUT2D eigenvalue weighted by atomic mass is 19.1. The fourth-order valence-corrected chi connectivity index (χ4v) is 2.40. The van der Waals surface area contributed by atoms with E-state index < -0.39 is 6.67 Å². The molecule has 1 aliphatic rings. The van der Waals surface area contributed by atoms with Crippen molar-refractivity contribution in [1.82, 2.24) is 9.97 Å². The standard InChI is InChI=1S/C17H19FN4/c1-11-5-3-4-6-15(11)12(2)21-22-17-19-14(10-18)9-16(20-17)13-7-8-13/h3-6,9,13H,7-8,10H2,1-2H3,(H,19,20,22). The second kappa shape index (κ2) is 6.22. The van der Waals surface area contributed by atoms with Crippen LogP contribution in [0.15, 0.2) is 35.4 Å². The van der Waals surface area contributed by atoms with E-state index in [0.717, 1.165) is 35.4 Å². The predicted octanol–water partition coefficient (Wildman–Crippen LogP) is 3.97. The van der Waals surface area contributed by atoms with Gasteiger partial charge in [0.2, 0.25) is 5.95 Å². The molecular weight excluding hydrogens is 279 g/mol. The Morgan fingerprint density at radius 1 is 1.32 bits per heavy atom. The zero-order valence-corrected chi connectivity index (χ0v) is 12.8. The van der Waals surface area contributed by atoms with Crippen molar-refractivity contribution >= 4 is 11.7 Å². The number of nitrogens with one attached hydrogen (secondary N) is 1. The van der Waals surface area contributed by atoms with Gasteiger partial charge in [0.25, 0.3) is 0 Å². The smallest absolute Gasteiger partial charge is 0.244 e. The minimum atomic E-state index is -0.586. The largest absolute Gasteiger partial charge is 0.245 e. The van der Waals surface area contributed by atoms with E-state index in [1.165, 1.54) is 0 Å². The van der Waals surface area contributed by atoms with Crippen molar-refractivity contribution in [3.8, 4) is 0 Å². The van der Waals surface area contributed by atoms with E-state index in [1.54, 1.807) is 6.07 Å². The highest BCUT2D eigenvalue weighted by Gasteiger charge is 2.26. The Kier molecular flexibility index (Phi) is 4.13. The first-order chi connectivity index (χ1) is 10.7. The van der Waals surface area contributed by atoms with Crippen molar-refractivity contribution in [3.05, 3.63) is 52.8 Å². The Balaban J connectivity index is 1.82. The number of aromatic nitrogens is 2. The zero-order chi connectivity index (χ0) is 15.5. The summed E-state index contributed by atoms with van der Waals surface area (Å²) in [6, 6.07) is 9.78. The lowest BCUT2D eigenvalue weighted by atomic mass is 10.1. The number of aryl methyl sites for hydroxylation is 1. The number of hydrazone groups is 1. The van der Waals surface area contributed by atoms with Gasteiger partial charge in [-0.3, -0.25) is 0 Å². The summed E-state index contributed by atoms with van der Waals surface area (Å²) in [5, 5.41) is 4.34. The van der Waals surface area contributed by atoms with Gasteiger partial charge in [0, 0.05) is 17.2 Å². The number of nitrogens with zero attached hydrogens (tertiary/aromatic N) is 3. The molecule has 2 aromatic rings. The van der Waals surface area contributed by atoms with E-state index in [2.05, 4.69) is 20.5 Å². The number of benzene rings is 1. The van der Waals surface area contributed by atoms with Crippen LogP contribution >= 0.6 is 0 Å². The molecule has 0 spiro atoms. The average molecular weight is 298 g/mol. The molecule has 1 fully saturated rings. The average Bonchev–Trinajstić information content (AvgIpc) is 3.37. The second-order valence-corrected chi connectivity index (χ2v) is 5.64. The van der Waals surface area contributed by atoms with Crippen molar-refractivity contribution in [2.75, 3.05) is 5.43 Å². The van der Waals surface area contributed by atoms with Gasteiger partial charge in [-0.2, -0.15) is 5.10 Å². The number of hydrogen-bond acceptors (Lipinski definition) is 4. The van der Waals surface area contributed by atoms with E-state index >= 15 is 0 Å². The maximum Gasteiger partial charge on any atom is 0.244 e. The first-order valence-corrected chi connectivity index (χ1v) is 7.47. The van der Waals surface area contributed by atoms with Crippen LogP contribution in [0.2, 0.25) is 0 Å². The van der Waals surface area contributed by atoms with Gasteiger partial charge in [0.15, 0.2) is 0 Å². The minimum absolute atomic E-state index is 0.366. The molecule has 1 N–H and O–H groups in total. The summed E-state index contributed by atoms with van der Waals surface area (Å²) in [6.45, 7) is 3.38. The molecule has 0 unspecified atom stereocenters. The lowest BCUT2D eigenvalue weighted by molar-refractivity contribution is 0.475. The van der Waals surface area contributed by atoms with Gasteiger partial charge < -0.3 is 0 Å². The van der Waals surface area contributed by atoms with Crippen LogP contribution < -0.4 is 5.43 Å². The van der Waals surface area contributed by atoms with Crippen LogP contribution in [-0.2, 0) is 6.67 Å². The molecule has 22 heavy (non-hydrogen) atoms. The summed E-state index contributed by atoms with van der Waals surface area (Å²) in [7, 11) is 0. The van der Waals surface area contributed by atoms with E-state index in [-0.39, 0.29) is 0 Å². The van der Waals surface area contributed by atoms with Gasteiger partial charge >= 0.3 is 0 Å². The van der Waals surface area contributed by atoms with Gasteiger partial charge in [-0.25, -0.2) is 19.8 Å². The van der Waals surface area contributed by atoms with Gasteiger partial charge in [-0.1, -0.05) is 24.3 Å². The van der Waals surface area contributed by atoms with E-state index in [1.807, 2.05) is 38.1 Å². The Morgan fingerprint density at radius 2 is 2.09 bits per heavy atom. The molecule has 5 heteroatoms. The summed E-state index contributed by atoms with van der Waals surface area (Å²) in [4.78, 5) is 8.58. The van der Waals surface area contributed by atoms with Gasteiger partial charge in [0.05, 0.1) is 11.4 Å². The third kappa shape index (κ3) is 3.30. The summed E-state index contributed by atoms with van der Waals surface area (Å²) in [5.74, 6) is 0.820. The van der Waals surface area contributed by atoms with Crippen LogP contribution in [0.4, 0.5) is 10.3 Å². The molecule has 0 atom stereocenters. The van der Waals surface area contributed by atoms with Crippen LogP contribution in [0.1, 0.15) is 48.2 Å². The lowest BCUT2D eigenvalue weighted by Gasteiger charge is -2.07. The first-order valence-electron chi connectivity index (χ1n) is 7.47. The SMILES string of the molecule is CC(=NNc1nc(CF)cc(C2CC2)n1)c1ccccc1C. The highest BCUT2D eigenvalue weighted by Crippen LogP contribution is 2.39. The fraction of sp³-hybridized carbons (Fsp3) is 0.353. The van der Waals surface area contributed by atoms with Crippen LogP contribution in [-0.4, -0.2) is 15.7 Å². The molecule has 0 saturated heterocycles. The quantitative estimate of drug-likeness (QED) is 0.671. The number of rotatable bonds is 5. The van der Waals surface area contributed by atoms with E-state index in [0.29, 0.717) is 17.6 Å². The third-order valence-corrected chi connectivity index (χ3v) is 3.79. The Labute approximate surface area is 129 Å². The van der Waals surface area contributed by atoms with Crippen molar-refractivity contribution in [3.63, 3.8) is 0 Å². The van der Waals surface area contributed by atoms with Gasteiger partial charge in [-0.15, -0.1) is 0 Å². The summed E-state index contributed by atoms with van der Waals surface area (Å²) >= 11 is 0. The van der Waals surface area contributed by atoms with Crippen molar-refractivity contribution < 1.29 is 4.39 Å². The molecule has 0 bridgehead atoms. The minimum Gasteiger partial charge on any atom is -0.245 e. The number of anilines is 1. The molecule has 114 valence electrons. The maximum absolute atomic E-state index is 12.9. The molecular formula is C17H19FN4. The van der Waals surface area contributed by atoms with Crippen molar-refractivity contribution in [2.24, 2.45) is 5.10 Å². The molecule has 0 radical (unpaired) electrons. The Bertz CT molecular complexity index is 708. The lowest BCUT2D eigenvalue weighted by Crippen LogP contribution is -2.06. The monoisotopic (exact) mass is 298 g/mol. The Morgan fingerprint density at radius 3 is 2.77 bits per heavy atom. The third-order valence-electron chi connectivity index (χ3n) is 3.79. The number of hydrogen-bond donors (Lipinski definition) is 1. The van der Waals surface area contributed by atoms with Crippen LogP contribution in [0.3, 0.4) is 0 Å². The molecule has 1 aliphatic carbocycles. The molecule has 4 nitrogen and oxygen atoms in total. The van der Waals surface area contributed by atoms with Gasteiger partial charge in [-0.05, 0) is 38.3 Å². The topological polar surface area (TPSA) is 50.2 Å². The predicted molar refractivity (Wildman–Crippen MR) is 85.8 cm³/mol. The summed E-state index contributed by atoms with van der Waals surface area (Å²) in [6.07, 6.45) is 2.24. The first kappa shape index (κ1) is 14.6.